The van der Waals surface area contributed by atoms with Crippen molar-refractivity contribution in [1.29, 1.82) is 0 Å². The van der Waals surface area contributed by atoms with E-state index in [-0.39, 0.29) is 28.0 Å². The van der Waals surface area contributed by atoms with E-state index in [0.717, 1.165) is 11.8 Å². The maximum Gasteiger partial charge on any atom is 0.236 e. The summed E-state index contributed by atoms with van der Waals surface area (Å²) in [6.07, 6.45) is 1.77. The number of hydrogen-bond acceptors (Lipinski definition) is 7. The minimum absolute atomic E-state index is 0.00663. The van der Waals surface area contributed by atoms with Gasteiger partial charge in [0.05, 0.1) is 6.33 Å². The van der Waals surface area contributed by atoms with E-state index in [2.05, 4.69) is 19.9 Å². The molecule has 1 amide bonds. The van der Waals surface area contributed by atoms with Crippen molar-refractivity contribution in [3.8, 4) is 0 Å². The van der Waals surface area contributed by atoms with Crippen LogP contribution >= 0.6 is 11.8 Å². The van der Waals surface area contributed by atoms with E-state index in [1.165, 1.54) is 18.2 Å². The van der Waals surface area contributed by atoms with Crippen LogP contribution in [-0.4, -0.2) is 42.8 Å². The number of aromatic nitrogens is 4. The number of nitrogens with zero attached hydrogens (tertiary/aromatic N) is 4. The fraction of sp³-hybridized carbons (Fsp3) is 0.364. The topological polar surface area (TPSA) is 118 Å². The van der Waals surface area contributed by atoms with Gasteiger partial charge in [-0.3, -0.25) is 14.5 Å². The molecule has 1 atom stereocenters. The number of nitrogens with two attached hydrogens (primary N) is 1. The average molecular weight is 292 g/mol. The first kappa shape index (κ1) is 12.9. The van der Waals surface area contributed by atoms with Crippen molar-refractivity contribution < 1.29 is 9.59 Å². The molecule has 2 aromatic heterocycles. The van der Waals surface area contributed by atoms with Gasteiger partial charge in [0.2, 0.25) is 11.9 Å². The molecule has 9 heteroatoms. The molecule has 0 saturated carbocycles. The fourth-order valence-electron chi connectivity index (χ4n) is 2.15. The van der Waals surface area contributed by atoms with Crippen LogP contribution in [0.15, 0.2) is 6.33 Å². The number of nitrogen functional groups attached to an aromatic ring is 1. The van der Waals surface area contributed by atoms with Crippen LogP contribution in [0.4, 0.5) is 11.8 Å². The lowest BCUT2D eigenvalue weighted by Gasteiger charge is -2.14. The molecule has 0 aromatic carbocycles. The SMILES string of the molecule is CC(=O)SC1CC(=O)N(c2nc(N)c3[nH]cnc3n2)C1. The van der Waals surface area contributed by atoms with E-state index in [1.54, 1.807) is 0 Å². The van der Waals surface area contributed by atoms with Gasteiger partial charge in [-0.2, -0.15) is 9.97 Å². The molecule has 8 nitrogen and oxygen atoms in total. The molecule has 0 spiro atoms. The second-order valence-electron chi connectivity index (χ2n) is 4.45. The number of hydrogen-bond donors (Lipinski definition) is 2. The van der Waals surface area contributed by atoms with Gasteiger partial charge in [0, 0.05) is 25.1 Å². The highest BCUT2D eigenvalue weighted by atomic mass is 32.2. The average Bonchev–Trinajstić information content (AvgIpc) is 2.95. The molecule has 3 heterocycles. The maximum absolute atomic E-state index is 12.0. The fourth-order valence-corrected chi connectivity index (χ4v) is 3.07. The van der Waals surface area contributed by atoms with Crippen LogP contribution in [0, 0.1) is 0 Å². The predicted octanol–water partition coefficient (Wildman–Crippen LogP) is 0.320. The quantitative estimate of drug-likeness (QED) is 0.818. The number of nitrogens with one attached hydrogen (secondary N) is 1. The molecule has 3 rings (SSSR count). The van der Waals surface area contributed by atoms with E-state index in [0.29, 0.717) is 24.1 Å². The van der Waals surface area contributed by atoms with Gasteiger partial charge in [0.25, 0.3) is 0 Å². The van der Waals surface area contributed by atoms with Gasteiger partial charge in [-0.05, 0) is 0 Å². The summed E-state index contributed by atoms with van der Waals surface area (Å²) >= 11 is 1.16. The van der Waals surface area contributed by atoms with Crippen molar-refractivity contribution in [3.63, 3.8) is 0 Å². The van der Waals surface area contributed by atoms with Crippen LogP contribution in [0.5, 0.6) is 0 Å². The van der Waals surface area contributed by atoms with Crippen LogP contribution in [0.2, 0.25) is 0 Å². The summed E-state index contributed by atoms with van der Waals surface area (Å²) < 4.78 is 0. The Morgan fingerprint density at radius 2 is 2.35 bits per heavy atom. The van der Waals surface area contributed by atoms with Gasteiger partial charge in [-0.1, -0.05) is 11.8 Å². The van der Waals surface area contributed by atoms with E-state index in [4.69, 9.17) is 5.73 Å². The number of thioether (sulfide) groups is 1. The highest BCUT2D eigenvalue weighted by Crippen LogP contribution is 2.28. The van der Waals surface area contributed by atoms with Crippen LogP contribution in [0.3, 0.4) is 0 Å². The van der Waals surface area contributed by atoms with E-state index < -0.39 is 0 Å². The minimum atomic E-state index is -0.113. The van der Waals surface area contributed by atoms with Crippen molar-refractivity contribution in [2.45, 2.75) is 18.6 Å². The second kappa shape index (κ2) is 4.75. The van der Waals surface area contributed by atoms with Gasteiger partial charge in [-0.25, -0.2) is 4.98 Å². The summed E-state index contributed by atoms with van der Waals surface area (Å²) in [4.78, 5) is 39.8. The third-order valence-corrected chi connectivity index (χ3v) is 3.95. The van der Waals surface area contributed by atoms with Gasteiger partial charge < -0.3 is 10.7 Å². The van der Waals surface area contributed by atoms with Crippen LogP contribution in [-0.2, 0) is 9.59 Å². The highest BCUT2D eigenvalue weighted by molar-refractivity contribution is 8.14. The zero-order chi connectivity index (χ0) is 14.3. The van der Waals surface area contributed by atoms with Crippen molar-refractivity contribution in [1.82, 2.24) is 19.9 Å². The molecule has 1 aliphatic rings. The molecule has 1 unspecified atom stereocenters. The molecule has 1 aliphatic heterocycles. The molecular formula is C11H12N6O2S. The van der Waals surface area contributed by atoms with Crippen molar-refractivity contribution in [3.05, 3.63) is 6.33 Å². The normalized spacial score (nSPS) is 18.9. The largest absolute Gasteiger partial charge is 0.382 e. The number of amides is 1. The van der Waals surface area contributed by atoms with Gasteiger partial charge >= 0.3 is 0 Å². The van der Waals surface area contributed by atoms with Gasteiger partial charge in [-0.15, -0.1) is 0 Å². The molecular weight excluding hydrogens is 280 g/mol. The monoisotopic (exact) mass is 292 g/mol. The number of rotatable bonds is 2. The molecule has 1 fully saturated rings. The summed E-state index contributed by atoms with van der Waals surface area (Å²) in [6, 6.07) is 0. The summed E-state index contributed by atoms with van der Waals surface area (Å²) in [6.45, 7) is 1.89. The number of imidazole rings is 1. The molecule has 0 aliphatic carbocycles. The van der Waals surface area contributed by atoms with Crippen molar-refractivity contribution in [2.24, 2.45) is 0 Å². The summed E-state index contributed by atoms with van der Waals surface area (Å²) in [7, 11) is 0. The molecule has 20 heavy (non-hydrogen) atoms. The van der Waals surface area contributed by atoms with E-state index >= 15 is 0 Å². The minimum Gasteiger partial charge on any atom is -0.382 e. The Morgan fingerprint density at radius 1 is 1.55 bits per heavy atom. The summed E-state index contributed by atoms with van der Waals surface area (Å²) in [5, 5.41) is -0.0764. The number of anilines is 2. The number of carbonyl (C=O) groups excluding carboxylic acids is 2. The Morgan fingerprint density at radius 3 is 3.10 bits per heavy atom. The zero-order valence-corrected chi connectivity index (χ0v) is 11.5. The van der Waals surface area contributed by atoms with E-state index in [9.17, 15) is 9.59 Å². The molecule has 104 valence electrons. The van der Waals surface area contributed by atoms with Gasteiger partial charge in [0.1, 0.15) is 5.52 Å². The first-order chi connectivity index (χ1) is 9.54. The Labute approximate surface area is 118 Å². The third kappa shape index (κ3) is 2.20. The lowest BCUT2D eigenvalue weighted by atomic mass is 10.4. The molecule has 0 radical (unpaired) electrons. The Bertz CT molecular complexity index is 699. The number of fused-ring (bicyclic) bond motifs is 1. The standard InChI is InChI=1S/C11H12N6O2S/c1-5(18)20-6-2-7(19)17(3-6)11-15-9(12)8-10(16-11)14-4-13-8/h4,6H,2-3H2,1H3,(H3,12,13,14,15,16). The van der Waals surface area contributed by atoms with Crippen LogP contribution < -0.4 is 10.6 Å². The predicted molar refractivity (Wildman–Crippen MR) is 75.1 cm³/mol. The first-order valence-corrected chi connectivity index (χ1v) is 6.86. The first-order valence-electron chi connectivity index (χ1n) is 5.99. The Hall–Kier alpha value is -2.16. The molecule has 0 bridgehead atoms. The summed E-state index contributed by atoms with van der Waals surface area (Å²) in [5.41, 5.74) is 6.78. The number of H-pyrrole nitrogens is 1. The third-order valence-electron chi connectivity index (χ3n) is 2.97. The Kier molecular flexibility index (Phi) is 3.05. The number of carbonyl (C=O) groups is 2. The number of aromatic amines is 1. The molecule has 2 aromatic rings. The lowest BCUT2D eigenvalue weighted by Crippen LogP contribution is -2.27. The van der Waals surface area contributed by atoms with Crippen molar-refractivity contribution in [2.75, 3.05) is 17.2 Å². The Balaban J connectivity index is 1.91. The summed E-state index contributed by atoms with van der Waals surface area (Å²) in [5.74, 6) is 0.370. The molecule has 3 N–H and O–H groups in total. The maximum atomic E-state index is 12.0. The van der Waals surface area contributed by atoms with Crippen LogP contribution in [0.1, 0.15) is 13.3 Å². The van der Waals surface area contributed by atoms with Gasteiger partial charge in [0.15, 0.2) is 16.6 Å². The zero-order valence-electron chi connectivity index (χ0n) is 10.7. The smallest absolute Gasteiger partial charge is 0.236 e. The second-order valence-corrected chi connectivity index (χ2v) is 5.93. The van der Waals surface area contributed by atoms with Crippen LogP contribution in [0.25, 0.3) is 11.2 Å². The van der Waals surface area contributed by atoms with Crippen molar-refractivity contribution >= 4 is 45.7 Å². The van der Waals surface area contributed by atoms with E-state index in [1.807, 2.05) is 0 Å². The lowest BCUT2D eigenvalue weighted by molar-refractivity contribution is -0.117. The highest BCUT2D eigenvalue weighted by Gasteiger charge is 2.33. The molecule has 1 saturated heterocycles.